The summed E-state index contributed by atoms with van der Waals surface area (Å²) >= 11 is 4.31. The third-order valence-corrected chi connectivity index (χ3v) is 2.62. The number of aromatic nitrogens is 4. The highest BCUT2D eigenvalue weighted by Gasteiger charge is 2.14. The van der Waals surface area contributed by atoms with Crippen LogP contribution < -0.4 is 5.73 Å². The Morgan fingerprint density at radius 2 is 2.29 bits per heavy atom. The lowest BCUT2D eigenvalue weighted by molar-refractivity contribution is 0.553. The molecule has 9 heteroatoms. The Bertz CT molecular complexity index is 589. The van der Waals surface area contributed by atoms with Crippen LogP contribution in [0.4, 0.5) is 5.82 Å². The van der Waals surface area contributed by atoms with Crippen molar-refractivity contribution in [1.82, 2.24) is 19.9 Å². The average molecular weight is 231 g/mol. The summed E-state index contributed by atoms with van der Waals surface area (Å²) in [6.07, 6.45) is 1.36. The summed E-state index contributed by atoms with van der Waals surface area (Å²) in [5.74, 6) is 0.0501. The van der Waals surface area contributed by atoms with Gasteiger partial charge in [-0.3, -0.25) is 4.55 Å². The zero-order valence-electron chi connectivity index (χ0n) is 6.67. The van der Waals surface area contributed by atoms with Crippen LogP contribution >= 0.6 is 0 Å². The van der Waals surface area contributed by atoms with Gasteiger partial charge in [0.15, 0.2) is 11.5 Å². The highest BCUT2D eigenvalue weighted by molar-refractivity contribution is 8.29. The molecule has 1 atom stereocenters. The highest BCUT2D eigenvalue weighted by Crippen LogP contribution is 2.14. The van der Waals surface area contributed by atoms with Crippen LogP contribution in [-0.2, 0) is 20.0 Å². The van der Waals surface area contributed by atoms with E-state index in [-0.39, 0.29) is 16.6 Å². The average Bonchev–Trinajstić information content (AvgIpc) is 2.50. The van der Waals surface area contributed by atoms with Crippen LogP contribution in [0.1, 0.15) is 0 Å². The van der Waals surface area contributed by atoms with Crippen molar-refractivity contribution in [2.45, 2.75) is 5.16 Å². The number of hydrogen-bond acceptors (Lipinski definition) is 6. The molecule has 0 bridgehead atoms. The molecular weight excluding hydrogens is 226 g/mol. The number of rotatable bonds is 1. The molecule has 0 aromatic carbocycles. The number of hydrogen-bond donors (Lipinski definition) is 3. The topological polar surface area (TPSA) is 118 Å². The van der Waals surface area contributed by atoms with E-state index in [0.29, 0.717) is 5.52 Å². The van der Waals surface area contributed by atoms with E-state index < -0.39 is 8.77 Å². The second-order valence-electron chi connectivity index (χ2n) is 2.47. The SMILES string of the molecule is Nc1nc(S(=O)(O)=S)nc2nc[nH]c12. The Morgan fingerprint density at radius 3 is 2.93 bits per heavy atom. The summed E-state index contributed by atoms with van der Waals surface area (Å²) in [6, 6.07) is 0. The summed E-state index contributed by atoms with van der Waals surface area (Å²) in [4.78, 5) is 13.8. The number of aromatic amines is 1. The van der Waals surface area contributed by atoms with Crippen molar-refractivity contribution in [3.8, 4) is 0 Å². The molecule has 0 saturated heterocycles. The minimum atomic E-state index is -3.62. The third kappa shape index (κ3) is 1.41. The molecule has 2 aromatic heterocycles. The van der Waals surface area contributed by atoms with Crippen LogP contribution in [-0.4, -0.2) is 28.7 Å². The van der Waals surface area contributed by atoms with Gasteiger partial charge in [0, 0.05) is 11.2 Å². The fourth-order valence-corrected chi connectivity index (χ4v) is 1.59. The molecule has 0 saturated carbocycles. The van der Waals surface area contributed by atoms with Crippen molar-refractivity contribution in [2.24, 2.45) is 0 Å². The number of fused-ring (bicyclic) bond motifs is 1. The molecule has 2 heterocycles. The molecule has 2 aromatic rings. The Balaban J connectivity index is 2.83. The summed E-state index contributed by atoms with van der Waals surface area (Å²) in [5, 5.41) is -0.385. The van der Waals surface area contributed by atoms with Gasteiger partial charge in [-0.1, -0.05) is 0 Å². The lowest BCUT2D eigenvalue weighted by Crippen LogP contribution is -2.06. The number of nitrogens with zero attached hydrogens (tertiary/aromatic N) is 3. The van der Waals surface area contributed by atoms with E-state index in [2.05, 4.69) is 31.1 Å². The first-order valence-electron chi connectivity index (χ1n) is 3.42. The highest BCUT2D eigenvalue weighted by atomic mass is 32.8. The number of nitrogens with two attached hydrogens (primary N) is 1. The molecule has 0 aliphatic rings. The molecule has 0 amide bonds. The molecule has 0 radical (unpaired) electrons. The number of anilines is 1. The van der Waals surface area contributed by atoms with E-state index in [1.165, 1.54) is 6.33 Å². The summed E-state index contributed by atoms with van der Waals surface area (Å²) in [5.41, 5.74) is 6.14. The quantitative estimate of drug-likeness (QED) is 0.567. The van der Waals surface area contributed by atoms with Crippen LogP contribution in [0.2, 0.25) is 0 Å². The molecule has 4 N–H and O–H groups in total. The van der Waals surface area contributed by atoms with Gasteiger partial charge in [0.25, 0.3) is 5.16 Å². The van der Waals surface area contributed by atoms with Crippen molar-refractivity contribution in [1.29, 1.82) is 0 Å². The first-order chi connectivity index (χ1) is 6.48. The Hall–Kier alpha value is -1.32. The minimum absolute atomic E-state index is 0.0501. The smallest absolute Gasteiger partial charge is 0.251 e. The second kappa shape index (κ2) is 2.83. The van der Waals surface area contributed by atoms with E-state index in [0.717, 1.165) is 0 Å². The van der Waals surface area contributed by atoms with Gasteiger partial charge in [0.05, 0.1) is 6.33 Å². The normalized spacial score (nSPS) is 15.5. The van der Waals surface area contributed by atoms with Crippen molar-refractivity contribution >= 4 is 36.9 Å². The maximum Gasteiger partial charge on any atom is 0.251 e. The van der Waals surface area contributed by atoms with E-state index in [4.69, 9.17) is 10.3 Å². The van der Waals surface area contributed by atoms with Crippen LogP contribution in [0.25, 0.3) is 11.2 Å². The lowest BCUT2D eigenvalue weighted by Gasteiger charge is -1.99. The molecule has 2 rings (SSSR count). The Kier molecular flexibility index (Phi) is 1.87. The van der Waals surface area contributed by atoms with Crippen molar-refractivity contribution in [3.63, 3.8) is 0 Å². The molecule has 0 aliphatic heterocycles. The van der Waals surface area contributed by atoms with Crippen LogP contribution in [0.15, 0.2) is 11.5 Å². The fourth-order valence-electron chi connectivity index (χ4n) is 0.950. The maximum atomic E-state index is 11.1. The first-order valence-corrected chi connectivity index (χ1v) is 5.86. The fraction of sp³-hybridized carbons (Fsp3) is 0. The second-order valence-corrected chi connectivity index (χ2v) is 5.14. The largest absolute Gasteiger partial charge is 0.382 e. The standard InChI is InChI=1S/C5H5N5O2S2/c6-3-2-4(8-1-7-2)10-5(9-3)14(11,12)13/h1H,(H,11,12,13)(H3,6,7,8,9,10). The van der Waals surface area contributed by atoms with Crippen molar-refractivity contribution in [3.05, 3.63) is 6.33 Å². The molecule has 74 valence electrons. The number of imidazole rings is 1. The predicted octanol–water partition coefficient (Wildman–Crippen LogP) is -0.487. The van der Waals surface area contributed by atoms with E-state index in [9.17, 15) is 4.21 Å². The summed E-state index contributed by atoms with van der Waals surface area (Å²) in [6.45, 7) is 0. The van der Waals surface area contributed by atoms with Crippen LogP contribution in [0.3, 0.4) is 0 Å². The van der Waals surface area contributed by atoms with E-state index in [1.54, 1.807) is 0 Å². The van der Waals surface area contributed by atoms with Gasteiger partial charge >= 0.3 is 0 Å². The monoisotopic (exact) mass is 231 g/mol. The maximum absolute atomic E-state index is 11.1. The molecule has 1 unspecified atom stereocenters. The molecular formula is C5H5N5O2S2. The lowest BCUT2D eigenvalue weighted by atomic mass is 10.5. The van der Waals surface area contributed by atoms with Crippen molar-refractivity contribution < 1.29 is 8.76 Å². The number of nitrogen functional groups attached to an aromatic ring is 1. The molecule has 0 spiro atoms. The van der Waals surface area contributed by atoms with Gasteiger partial charge in [0.1, 0.15) is 5.52 Å². The van der Waals surface area contributed by atoms with Gasteiger partial charge in [-0.2, -0.15) is 9.97 Å². The summed E-state index contributed by atoms with van der Waals surface area (Å²) < 4.78 is 20.1. The number of H-pyrrole nitrogens is 1. The Morgan fingerprint density at radius 1 is 1.57 bits per heavy atom. The van der Waals surface area contributed by atoms with Gasteiger partial charge in [0.2, 0.25) is 8.77 Å². The molecule has 0 aliphatic carbocycles. The van der Waals surface area contributed by atoms with Gasteiger partial charge < -0.3 is 10.7 Å². The zero-order chi connectivity index (χ0) is 10.3. The van der Waals surface area contributed by atoms with E-state index >= 15 is 0 Å². The van der Waals surface area contributed by atoms with Crippen molar-refractivity contribution in [2.75, 3.05) is 5.73 Å². The minimum Gasteiger partial charge on any atom is -0.382 e. The Labute approximate surface area is 83.3 Å². The summed E-state index contributed by atoms with van der Waals surface area (Å²) in [7, 11) is -3.62. The molecule has 0 fully saturated rings. The third-order valence-electron chi connectivity index (χ3n) is 1.52. The van der Waals surface area contributed by atoms with Gasteiger partial charge in [-0.25, -0.2) is 9.19 Å². The first kappa shape index (κ1) is 9.24. The van der Waals surface area contributed by atoms with Gasteiger partial charge in [-0.05, 0) is 0 Å². The van der Waals surface area contributed by atoms with Crippen LogP contribution in [0, 0.1) is 0 Å². The molecule has 14 heavy (non-hydrogen) atoms. The number of nitrogens with one attached hydrogen (secondary N) is 1. The zero-order valence-corrected chi connectivity index (χ0v) is 8.30. The molecule has 7 nitrogen and oxygen atoms in total. The van der Waals surface area contributed by atoms with Crippen LogP contribution in [0.5, 0.6) is 0 Å². The predicted molar refractivity (Wildman–Crippen MR) is 52.5 cm³/mol. The van der Waals surface area contributed by atoms with E-state index in [1.807, 2.05) is 0 Å². The van der Waals surface area contributed by atoms with Gasteiger partial charge in [-0.15, -0.1) is 0 Å².